The fraction of sp³-hybridized carbons (Fsp3) is 0.300. The Balaban J connectivity index is 1.40. The third-order valence-electron chi connectivity index (χ3n) is 4.69. The molecule has 29 heavy (non-hydrogen) atoms. The number of amides is 1. The van der Waals surface area contributed by atoms with Crippen molar-refractivity contribution in [2.45, 2.75) is 38.4 Å². The Labute approximate surface area is 171 Å². The number of carbonyl (C=O) groups excluding carboxylic acids is 1. The second-order valence-electron chi connectivity index (χ2n) is 7.14. The van der Waals surface area contributed by atoms with Crippen LogP contribution in [0.2, 0.25) is 5.02 Å². The smallest absolute Gasteiger partial charge is 0.272 e. The predicted molar refractivity (Wildman–Crippen MR) is 105 cm³/mol. The minimum Gasteiger partial charge on any atom is -0.346 e. The van der Waals surface area contributed by atoms with Gasteiger partial charge in [0.1, 0.15) is 23.1 Å². The monoisotopic (exact) mass is 412 g/mol. The molecule has 9 heteroatoms. The molecule has 1 aliphatic rings. The third-order valence-corrected chi connectivity index (χ3v) is 4.99. The number of nitrogens with one attached hydrogen (secondary N) is 1. The van der Waals surface area contributed by atoms with Crippen LogP contribution in [0.4, 0.5) is 4.39 Å². The predicted octanol–water partition coefficient (Wildman–Crippen LogP) is 3.56. The van der Waals surface area contributed by atoms with E-state index in [1.165, 1.54) is 12.1 Å². The maximum Gasteiger partial charge on any atom is 0.272 e. The van der Waals surface area contributed by atoms with Crippen LogP contribution >= 0.6 is 11.6 Å². The van der Waals surface area contributed by atoms with E-state index in [1.54, 1.807) is 29.1 Å². The fourth-order valence-corrected chi connectivity index (χ4v) is 3.32. The van der Waals surface area contributed by atoms with Crippen LogP contribution in [-0.4, -0.2) is 31.5 Å². The Hall–Kier alpha value is -3.18. The van der Waals surface area contributed by atoms with Crippen molar-refractivity contribution in [2.24, 2.45) is 0 Å². The van der Waals surface area contributed by atoms with Gasteiger partial charge in [0.25, 0.3) is 5.91 Å². The molecule has 1 fully saturated rings. The fourth-order valence-electron chi connectivity index (χ4n) is 3.07. The van der Waals surface area contributed by atoms with Gasteiger partial charge >= 0.3 is 0 Å². The molecule has 2 aromatic heterocycles. The van der Waals surface area contributed by atoms with Gasteiger partial charge in [-0.3, -0.25) is 14.2 Å². The number of nitriles is 1. The van der Waals surface area contributed by atoms with E-state index in [0.29, 0.717) is 29.5 Å². The van der Waals surface area contributed by atoms with E-state index in [1.807, 2.05) is 17.8 Å². The van der Waals surface area contributed by atoms with Gasteiger partial charge < -0.3 is 5.32 Å². The van der Waals surface area contributed by atoms with E-state index < -0.39 is 5.82 Å². The van der Waals surface area contributed by atoms with Crippen LogP contribution < -0.4 is 5.32 Å². The van der Waals surface area contributed by atoms with Crippen LogP contribution in [0.3, 0.4) is 0 Å². The lowest BCUT2D eigenvalue weighted by atomic mass is 10.1. The minimum atomic E-state index is -0.684. The lowest BCUT2D eigenvalue weighted by molar-refractivity contribution is 0.0930. The highest BCUT2D eigenvalue weighted by Gasteiger charge is 2.25. The molecule has 1 saturated carbocycles. The molecule has 1 aliphatic carbocycles. The Morgan fingerprint density at radius 1 is 1.38 bits per heavy atom. The van der Waals surface area contributed by atoms with Crippen molar-refractivity contribution >= 4 is 17.5 Å². The third kappa shape index (κ3) is 4.15. The maximum atomic E-state index is 14.0. The first-order chi connectivity index (χ1) is 13.9. The summed E-state index contributed by atoms with van der Waals surface area (Å²) in [6.07, 6.45) is 5.78. The van der Waals surface area contributed by atoms with Crippen LogP contribution in [0.25, 0.3) is 11.3 Å². The summed E-state index contributed by atoms with van der Waals surface area (Å²) in [6.45, 7) is 2.30. The summed E-state index contributed by atoms with van der Waals surface area (Å²) in [4.78, 5) is 12.4. The molecule has 0 bridgehead atoms. The molecule has 1 atom stereocenters. The summed E-state index contributed by atoms with van der Waals surface area (Å²) in [5.74, 6) is -0.916. The number of rotatable bonds is 6. The van der Waals surface area contributed by atoms with Crippen molar-refractivity contribution in [1.82, 2.24) is 24.9 Å². The van der Waals surface area contributed by atoms with Gasteiger partial charge in [-0.25, -0.2) is 4.39 Å². The average molecular weight is 413 g/mol. The van der Waals surface area contributed by atoms with Crippen LogP contribution in [0.5, 0.6) is 0 Å². The average Bonchev–Trinajstić information content (AvgIpc) is 3.22. The summed E-state index contributed by atoms with van der Waals surface area (Å²) >= 11 is 5.96. The number of halogens is 2. The highest BCUT2D eigenvalue weighted by atomic mass is 35.5. The topological polar surface area (TPSA) is 88.5 Å². The Bertz CT molecular complexity index is 1090. The number of carbonyl (C=O) groups is 1. The SMILES string of the molecule is CC(Cn1ccc(-c2cc(F)c(C#N)c(Cl)c2)n1)NC(=O)c1ccn(C2CC2)n1. The van der Waals surface area contributed by atoms with E-state index in [2.05, 4.69) is 15.5 Å². The first-order valence-corrected chi connectivity index (χ1v) is 9.61. The zero-order chi connectivity index (χ0) is 20.5. The van der Waals surface area contributed by atoms with Crippen molar-refractivity contribution in [2.75, 3.05) is 0 Å². The lowest BCUT2D eigenvalue weighted by Gasteiger charge is -2.13. The van der Waals surface area contributed by atoms with E-state index in [4.69, 9.17) is 16.9 Å². The molecule has 1 aromatic carbocycles. The number of aromatic nitrogens is 4. The summed E-state index contributed by atoms with van der Waals surface area (Å²) in [7, 11) is 0. The van der Waals surface area contributed by atoms with Crippen molar-refractivity contribution in [3.63, 3.8) is 0 Å². The molecule has 0 saturated heterocycles. The number of hydrogen-bond acceptors (Lipinski definition) is 4. The Morgan fingerprint density at radius 3 is 2.86 bits per heavy atom. The highest BCUT2D eigenvalue weighted by Crippen LogP contribution is 2.33. The van der Waals surface area contributed by atoms with Gasteiger partial charge in [0, 0.05) is 24.0 Å². The van der Waals surface area contributed by atoms with E-state index in [9.17, 15) is 9.18 Å². The number of hydrogen-bond donors (Lipinski definition) is 1. The minimum absolute atomic E-state index is 0.0447. The van der Waals surface area contributed by atoms with Gasteiger partial charge in [0.15, 0.2) is 0 Å². The van der Waals surface area contributed by atoms with Crippen molar-refractivity contribution < 1.29 is 9.18 Å². The standard InChI is InChI=1S/C20H18ClFN6O/c1-12(24-20(29)19-5-7-28(26-19)14-2-3-14)11-27-6-4-18(25-27)13-8-16(21)15(10-23)17(22)9-13/h4-9,12,14H,2-3,11H2,1H3,(H,24,29). The molecular weight excluding hydrogens is 395 g/mol. The van der Waals surface area contributed by atoms with E-state index >= 15 is 0 Å². The second kappa shape index (κ2) is 7.68. The van der Waals surface area contributed by atoms with Crippen LogP contribution in [0, 0.1) is 17.1 Å². The zero-order valence-electron chi connectivity index (χ0n) is 15.6. The van der Waals surface area contributed by atoms with Gasteiger partial charge in [0.2, 0.25) is 0 Å². The van der Waals surface area contributed by atoms with E-state index in [0.717, 1.165) is 12.8 Å². The van der Waals surface area contributed by atoms with Crippen LogP contribution in [0.1, 0.15) is 41.9 Å². The van der Waals surface area contributed by atoms with Crippen molar-refractivity contribution in [3.05, 3.63) is 58.8 Å². The zero-order valence-corrected chi connectivity index (χ0v) is 16.4. The van der Waals surface area contributed by atoms with E-state index in [-0.39, 0.29) is 22.5 Å². The van der Waals surface area contributed by atoms with Gasteiger partial charge in [-0.05, 0) is 44.0 Å². The van der Waals surface area contributed by atoms with Crippen LogP contribution in [-0.2, 0) is 6.54 Å². The molecule has 148 valence electrons. The van der Waals surface area contributed by atoms with Gasteiger partial charge in [-0.2, -0.15) is 15.5 Å². The molecule has 1 amide bonds. The van der Waals surface area contributed by atoms with Gasteiger partial charge in [-0.15, -0.1) is 0 Å². The molecule has 3 aromatic rings. The summed E-state index contributed by atoms with van der Waals surface area (Å²) in [5, 5.41) is 20.6. The molecule has 1 N–H and O–H groups in total. The number of benzene rings is 1. The molecule has 0 radical (unpaired) electrons. The molecular formula is C20H18ClFN6O. The quantitative estimate of drug-likeness (QED) is 0.670. The second-order valence-corrected chi connectivity index (χ2v) is 7.54. The first kappa shape index (κ1) is 19.2. The Morgan fingerprint density at radius 2 is 2.17 bits per heavy atom. The molecule has 1 unspecified atom stereocenters. The summed E-state index contributed by atoms with van der Waals surface area (Å²) in [6, 6.07) is 8.16. The molecule has 2 heterocycles. The van der Waals surface area contributed by atoms with Gasteiger partial charge in [-0.1, -0.05) is 11.6 Å². The van der Waals surface area contributed by atoms with Crippen molar-refractivity contribution in [1.29, 1.82) is 5.26 Å². The largest absolute Gasteiger partial charge is 0.346 e. The Kier molecular flexibility index (Phi) is 5.07. The maximum absolute atomic E-state index is 14.0. The number of nitrogens with zero attached hydrogens (tertiary/aromatic N) is 5. The van der Waals surface area contributed by atoms with Gasteiger partial charge in [0.05, 0.1) is 23.3 Å². The molecule has 0 aliphatic heterocycles. The van der Waals surface area contributed by atoms with Crippen LogP contribution in [0.15, 0.2) is 36.7 Å². The molecule has 4 rings (SSSR count). The molecule has 7 nitrogen and oxygen atoms in total. The summed E-state index contributed by atoms with van der Waals surface area (Å²) < 4.78 is 17.5. The normalized spacial score (nSPS) is 14.4. The lowest BCUT2D eigenvalue weighted by Crippen LogP contribution is -2.36. The molecule has 0 spiro atoms. The first-order valence-electron chi connectivity index (χ1n) is 9.23. The van der Waals surface area contributed by atoms with Crippen molar-refractivity contribution in [3.8, 4) is 17.3 Å². The highest BCUT2D eigenvalue weighted by molar-refractivity contribution is 6.32. The summed E-state index contributed by atoms with van der Waals surface area (Å²) in [5.41, 5.74) is 1.22.